The van der Waals surface area contributed by atoms with Gasteiger partial charge in [0.25, 0.3) is 0 Å². The lowest BCUT2D eigenvalue weighted by Gasteiger charge is -2.16. The number of nitrogens with zero attached hydrogens (tertiary/aromatic N) is 2. The van der Waals surface area contributed by atoms with Crippen molar-refractivity contribution in [3.05, 3.63) is 11.9 Å². The summed E-state index contributed by atoms with van der Waals surface area (Å²) in [7, 11) is 0. The second-order valence-corrected chi connectivity index (χ2v) is 4.96. The van der Waals surface area contributed by atoms with Gasteiger partial charge in [-0.25, -0.2) is 10.8 Å². The van der Waals surface area contributed by atoms with E-state index in [1.165, 1.54) is 0 Å². The maximum atomic E-state index is 5.81. The first-order chi connectivity index (χ1) is 8.55. The first-order valence-corrected chi connectivity index (χ1v) is 6.56. The van der Waals surface area contributed by atoms with E-state index in [1.54, 1.807) is 6.07 Å². The number of nitrogens with one attached hydrogen (secondary N) is 1. The lowest BCUT2D eigenvalue weighted by Crippen LogP contribution is -2.17. The molecule has 0 spiro atoms. The van der Waals surface area contributed by atoms with Gasteiger partial charge in [-0.05, 0) is 25.7 Å². The number of nitrogen functional groups attached to an aromatic ring is 1. The summed E-state index contributed by atoms with van der Waals surface area (Å²) in [6, 6.07) is 1.73. The Morgan fingerprint density at radius 1 is 1.33 bits per heavy atom. The molecule has 0 aliphatic rings. The maximum Gasteiger partial charge on any atom is 0.219 e. The van der Waals surface area contributed by atoms with Gasteiger partial charge in [-0.3, -0.25) is 0 Å². The smallest absolute Gasteiger partial charge is 0.219 e. The number of nitrogens with two attached hydrogens (primary N) is 1. The average molecular weight is 252 g/mol. The standard InChI is InChI=1S/C13H24N4O/c1-5-6-11-15-12(17-14)8-13(16-11)18-10(4)7-9(2)3/h8-10H,5-7,14H2,1-4H3,(H,15,16,17). The molecule has 0 saturated carbocycles. The fourth-order valence-corrected chi connectivity index (χ4v) is 1.86. The third-order valence-electron chi connectivity index (χ3n) is 2.50. The quantitative estimate of drug-likeness (QED) is 0.576. The van der Waals surface area contributed by atoms with Gasteiger partial charge in [-0.2, -0.15) is 4.98 Å². The fraction of sp³-hybridized carbons (Fsp3) is 0.692. The molecule has 0 radical (unpaired) electrons. The van der Waals surface area contributed by atoms with E-state index < -0.39 is 0 Å². The van der Waals surface area contributed by atoms with E-state index in [2.05, 4.69) is 43.1 Å². The van der Waals surface area contributed by atoms with Crippen LogP contribution in [0, 0.1) is 5.92 Å². The Hall–Kier alpha value is -1.36. The molecule has 102 valence electrons. The molecule has 0 aliphatic carbocycles. The minimum absolute atomic E-state index is 0.139. The molecule has 1 heterocycles. The van der Waals surface area contributed by atoms with Gasteiger partial charge in [0.15, 0.2) is 0 Å². The summed E-state index contributed by atoms with van der Waals surface area (Å²) in [6.07, 6.45) is 2.96. The van der Waals surface area contributed by atoms with E-state index in [-0.39, 0.29) is 6.10 Å². The highest BCUT2D eigenvalue weighted by atomic mass is 16.5. The molecule has 5 nitrogen and oxygen atoms in total. The van der Waals surface area contributed by atoms with Crippen molar-refractivity contribution in [2.24, 2.45) is 11.8 Å². The highest BCUT2D eigenvalue weighted by Crippen LogP contribution is 2.17. The van der Waals surface area contributed by atoms with E-state index >= 15 is 0 Å². The Labute approximate surface area is 109 Å². The lowest BCUT2D eigenvalue weighted by atomic mass is 10.1. The summed E-state index contributed by atoms with van der Waals surface area (Å²) in [5.41, 5.74) is 2.55. The molecule has 0 fully saturated rings. The molecular formula is C13H24N4O. The van der Waals surface area contributed by atoms with Crippen LogP contribution in [0.25, 0.3) is 0 Å². The number of rotatable bonds is 7. The predicted molar refractivity (Wildman–Crippen MR) is 73.4 cm³/mol. The molecule has 0 saturated heterocycles. The molecule has 1 aromatic heterocycles. The molecule has 0 aliphatic heterocycles. The third-order valence-corrected chi connectivity index (χ3v) is 2.50. The fourth-order valence-electron chi connectivity index (χ4n) is 1.86. The second-order valence-electron chi connectivity index (χ2n) is 4.96. The van der Waals surface area contributed by atoms with Crippen LogP contribution in [0.15, 0.2) is 6.07 Å². The number of anilines is 1. The van der Waals surface area contributed by atoms with Crippen molar-refractivity contribution in [3.8, 4) is 5.88 Å². The van der Waals surface area contributed by atoms with Crippen molar-refractivity contribution in [1.29, 1.82) is 0 Å². The molecule has 18 heavy (non-hydrogen) atoms. The number of hydrogen-bond acceptors (Lipinski definition) is 5. The second kappa shape index (κ2) is 7.16. The Morgan fingerprint density at radius 3 is 2.61 bits per heavy atom. The van der Waals surface area contributed by atoms with Gasteiger partial charge in [-0.1, -0.05) is 20.8 Å². The zero-order chi connectivity index (χ0) is 13.5. The van der Waals surface area contributed by atoms with E-state index in [1.807, 2.05) is 0 Å². The van der Waals surface area contributed by atoms with Crippen LogP contribution in [-0.2, 0) is 6.42 Å². The van der Waals surface area contributed by atoms with Crippen molar-refractivity contribution in [3.63, 3.8) is 0 Å². The number of aromatic nitrogens is 2. The molecule has 1 rings (SSSR count). The van der Waals surface area contributed by atoms with Gasteiger partial charge in [0, 0.05) is 12.5 Å². The van der Waals surface area contributed by atoms with E-state index in [0.29, 0.717) is 17.6 Å². The Morgan fingerprint density at radius 2 is 2.06 bits per heavy atom. The van der Waals surface area contributed by atoms with E-state index in [4.69, 9.17) is 10.6 Å². The molecule has 0 bridgehead atoms. The number of hydrazine groups is 1. The highest BCUT2D eigenvalue weighted by Gasteiger charge is 2.10. The highest BCUT2D eigenvalue weighted by molar-refractivity contribution is 5.37. The van der Waals surface area contributed by atoms with Gasteiger partial charge < -0.3 is 10.2 Å². The van der Waals surface area contributed by atoms with Gasteiger partial charge in [0.1, 0.15) is 11.6 Å². The zero-order valence-corrected chi connectivity index (χ0v) is 11.7. The van der Waals surface area contributed by atoms with Crippen molar-refractivity contribution in [1.82, 2.24) is 9.97 Å². The summed E-state index contributed by atoms with van der Waals surface area (Å²) < 4.78 is 5.81. The lowest BCUT2D eigenvalue weighted by molar-refractivity contribution is 0.185. The van der Waals surface area contributed by atoms with Crippen LogP contribution in [0.1, 0.15) is 46.4 Å². The van der Waals surface area contributed by atoms with Gasteiger partial charge in [0.05, 0.1) is 6.10 Å². The average Bonchev–Trinajstić information content (AvgIpc) is 2.27. The van der Waals surface area contributed by atoms with Gasteiger partial charge in [-0.15, -0.1) is 0 Å². The normalized spacial score (nSPS) is 12.6. The minimum atomic E-state index is 0.139. The molecule has 3 N–H and O–H groups in total. The van der Waals surface area contributed by atoms with Crippen LogP contribution in [-0.4, -0.2) is 16.1 Å². The predicted octanol–water partition coefficient (Wildman–Crippen LogP) is 2.53. The number of ether oxygens (including phenoxy) is 1. The molecule has 5 heteroatoms. The van der Waals surface area contributed by atoms with Crippen molar-refractivity contribution >= 4 is 5.82 Å². The molecule has 0 amide bonds. The maximum absolute atomic E-state index is 5.81. The van der Waals surface area contributed by atoms with E-state index in [0.717, 1.165) is 25.1 Å². The first kappa shape index (κ1) is 14.7. The van der Waals surface area contributed by atoms with Crippen molar-refractivity contribution in [2.75, 3.05) is 5.43 Å². The van der Waals surface area contributed by atoms with Crippen LogP contribution in [0.4, 0.5) is 5.82 Å². The van der Waals surface area contributed by atoms with Crippen LogP contribution < -0.4 is 16.0 Å². The first-order valence-electron chi connectivity index (χ1n) is 6.56. The Bertz CT molecular complexity index is 368. The monoisotopic (exact) mass is 252 g/mol. The van der Waals surface area contributed by atoms with Crippen molar-refractivity contribution in [2.45, 2.75) is 53.1 Å². The number of hydrogen-bond donors (Lipinski definition) is 2. The zero-order valence-electron chi connectivity index (χ0n) is 11.7. The molecule has 0 aromatic carbocycles. The minimum Gasteiger partial charge on any atom is -0.474 e. The molecule has 1 aromatic rings. The Kier molecular flexibility index (Phi) is 5.85. The summed E-state index contributed by atoms with van der Waals surface area (Å²) in [5.74, 6) is 7.95. The number of aryl methyl sites for hydroxylation is 1. The van der Waals surface area contributed by atoms with Crippen LogP contribution in [0.5, 0.6) is 5.88 Å². The van der Waals surface area contributed by atoms with Crippen LogP contribution >= 0.6 is 0 Å². The van der Waals surface area contributed by atoms with Crippen LogP contribution in [0.2, 0.25) is 0 Å². The largest absolute Gasteiger partial charge is 0.474 e. The van der Waals surface area contributed by atoms with E-state index in [9.17, 15) is 0 Å². The summed E-state index contributed by atoms with van der Waals surface area (Å²) >= 11 is 0. The van der Waals surface area contributed by atoms with Crippen LogP contribution in [0.3, 0.4) is 0 Å². The summed E-state index contributed by atoms with van der Waals surface area (Å²) in [4.78, 5) is 8.67. The molecule has 1 unspecified atom stereocenters. The van der Waals surface area contributed by atoms with Crippen molar-refractivity contribution < 1.29 is 4.74 Å². The topological polar surface area (TPSA) is 73.1 Å². The Balaban J connectivity index is 2.77. The summed E-state index contributed by atoms with van der Waals surface area (Å²) in [6.45, 7) is 8.50. The third kappa shape index (κ3) is 4.87. The SMILES string of the molecule is CCCc1nc(NN)cc(OC(C)CC(C)C)n1. The van der Waals surface area contributed by atoms with Gasteiger partial charge in [0.2, 0.25) is 5.88 Å². The molecular weight excluding hydrogens is 228 g/mol. The molecule has 1 atom stereocenters. The van der Waals surface area contributed by atoms with Gasteiger partial charge >= 0.3 is 0 Å². The summed E-state index contributed by atoms with van der Waals surface area (Å²) in [5, 5.41) is 0.